The Labute approximate surface area is 95.7 Å². The van der Waals surface area contributed by atoms with Gasteiger partial charge in [-0.25, -0.2) is 0 Å². The molecule has 1 saturated carbocycles. The number of hydrogen-bond donors (Lipinski definition) is 1. The van der Waals surface area contributed by atoms with E-state index in [4.69, 9.17) is 0 Å². The fourth-order valence-electron chi connectivity index (χ4n) is 2.66. The second-order valence-corrected chi connectivity index (χ2v) is 6.92. The van der Waals surface area contributed by atoms with Crippen molar-refractivity contribution in [3.05, 3.63) is 0 Å². The third-order valence-electron chi connectivity index (χ3n) is 3.82. The van der Waals surface area contributed by atoms with E-state index in [9.17, 15) is 4.21 Å². The van der Waals surface area contributed by atoms with Crippen LogP contribution in [0.4, 0.5) is 0 Å². The Hall–Kier alpha value is 0.110. The van der Waals surface area contributed by atoms with Gasteiger partial charge in [-0.05, 0) is 32.1 Å². The molecule has 0 bridgehead atoms. The van der Waals surface area contributed by atoms with Crippen LogP contribution in [0.2, 0.25) is 0 Å². The Bertz CT molecular complexity index is 218. The molecular weight excluding hydrogens is 206 g/mol. The molecule has 0 aromatic heterocycles. The van der Waals surface area contributed by atoms with Crippen molar-refractivity contribution in [3.8, 4) is 0 Å². The van der Waals surface area contributed by atoms with Crippen molar-refractivity contribution in [1.82, 2.24) is 5.32 Å². The van der Waals surface area contributed by atoms with Gasteiger partial charge in [0, 0.05) is 34.4 Å². The van der Waals surface area contributed by atoms with Gasteiger partial charge in [-0.15, -0.1) is 0 Å². The standard InChI is InChI=1S/C12H23NOS/c1-10(9-11-3-2-4-11)13-12-5-7-15(14)8-6-12/h10-13H,2-9H2,1H3. The average molecular weight is 229 g/mol. The van der Waals surface area contributed by atoms with Gasteiger partial charge >= 0.3 is 0 Å². The van der Waals surface area contributed by atoms with Gasteiger partial charge in [-0.1, -0.05) is 19.3 Å². The molecule has 1 aliphatic carbocycles. The Morgan fingerprint density at radius 3 is 2.47 bits per heavy atom. The maximum Gasteiger partial charge on any atom is 0.0249 e. The van der Waals surface area contributed by atoms with Crippen molar-refractivity contribution >= 4 is 10.8 Å². The zero-order valence-electron chi connectivity index (χ0n) is 9.71. The largest absolute Gasteiger partial charge is 0.311 e. The van der Waals surface area contributed by atoms with E-state index < -0.39 is 10.8 Å². The monoisotopic (exact) mass is 229 g/mol. The summed E-state index contributed by atoms with van der Waals surface area (Å²) in [7, 11) is -0.517. The van der Waals surface area contributed by atoms with Crippen LogP contribution in [-0.2, 0) is 10.8 Å². The maximum atomic E-state index is 11.2. The van der Waals surface area contributed by atoms with Crippen LogP contribution in [0.25, 0.3) is 0 Å². The molecule has 0 aromatic carbocycles. The van der Waals surface area contributed by atoms with Gasteiger partial charge in [-0.3, -0.25) is 4.21 Å². The summed E-state index contributed by atoms with van der Waals surface area (Å²) in [6.45, 7) is 2.31. The van der Waals surface area contributed by atoms with E-state index in [0.29, 0.717) is 12.1 Å². The number of nitrogens with one attached hydrogen (secondary N) is 1. The lowest BCUT2D eigenvalue weighted by atomic mass is 9.81. The molecule has 0 aromatic rings. The predicted molar refractivity (Wildman–Crippen MR) is 65.5 cm³/mol. The van der Waals surface area contributed by atoms with E-state index in [1.807, 2.05) is 0 Å². The first-order valence-corrected chi connectivity index (χ1v) is 7.84. The summed E-state index contributed by atoms with van der Waals surface area (Å²) in [4.78, 5) is 0. The van der Waals surface area contributed by atoms with Crippen LogP contribution in [0.15, 0.2) is 0 Å². The first-order chi connectivity index (χ1) is 7.24. The van der Waals surface area contributed by atoms with Gasteiger partial charge in [0.05, 0.1) is 0 Å². The summed E-state index contributed by atoms with van der Waals surface area (Å²) in [6.07, 6.45) is 7.91. The van der Waals surface area contributed by atoms with Crippen molar-refractivity contribution in [2.75, 3.05) is 11.5 Å². The molecule has 0 radical (unpaired) electrons. The van der Waals surface area contributed by atoms with E-state index in [1.165, 1.54) is 25.7 Å². The zero-order valence-corrected chi connectivity index (χ0v) is 10.5. The van der Waals surface area contributed by atoms with Crippen molar-refractivity contribution in [2.24, 2.45) is 5.92 Å². The molecule has 1 atom stereocenters. The van der Waals surface area contributed by atoms with Crippen molar-refractivity contribution in [2.45, 2.75) is 57.5 Å². The Balaban J connectivity index is 1.64. The van der Waals surface area contributed by atoms with Gasteiger partial charge in [0.1, 0.15) is 0 Å². The van der Waals surface area contributed by atoms with Crippen LogP contribution in [0.3, 0.4) is 0 Å². The summed E-state index contributed by atoms with van der Waals surface area (Å²) >= 11 is 0. The summed E-state index contributed by atoms with van der Waals surface area (Å²) in [5, 5.41) is 3.70. The molecule has 2 nitrogen and oxygen atoms in total. The van der Waals surface area contributed by atoms with Crippen LogP contribution in [0, 0.1) is 5.92 Å². The minimum Gasteiger partial charge on any atom is -0.311 e. The second kappa shape index (κ2) is 5.44. The third-order valence-corrected chi connectivity index (χ3v) is 5.20. The molecule has 2 fully saturated rings. The smallest absolute Gasteiger partial charge is 0.0249 e. The maximum absolute atomic E-state index is 11.2. The highest BCUT2D eigenvalue weighted by Gasteiger charge is 2.23. The fourth-order valence-corrected chi connectivity index (χ4v) is 3.96. The van der Waals surface area contributed by atoms with Crippen molar-refractivity contribution in [3.63, 3.8) is 0 Å². The number of rotatable bonds is 4. The van der Waals surface area contributed by atoms with Gasteiger partial charge in [0.2, 0.25) is 0 Å². The Kier molecular flexibility index (Phi) is 4.21. The Morgan fingerprint density at radius 1 is 1.27 bits per heavy atom. The minimum atomic E-state index is -0.517. The van der Waals surface area contributed by atoms with Gasteiger partial charge < -0.3 is 5.32 Å². The molecule has 1 unspecified atom stereocenters. The molecule has 1 N–H and O–H groups in total. The molecule has 3 heteroatoms. The third kappa shape index (κ3) is 3.56. The molecule has 2 rings (SSSR count). The van der Waals surface area contributed by atoms with E-state index in [2.05, 4.69) is 12.2 Å². The summed E-state index contributed by atoms with van der Waals surface area (Å²) in [5.41, 5.74) is 0. The fraction of sp³-hybridized carbons (Fsp3) is 1.00. The van der Waals surface area contributed by atoms with Crippen LogP contribution in [-0.4, -0.2) is 27.8 Å². The van der Waals surface area contributed by atoms with Gasteiger partial charge in [0.25, 0.3) is 0 Å². The molecule has 0 spiro atoms. The molecule has 0 amide bonds. The number of hydrogen-bond acceptors (Lipinski definition) is 2. The first kappa shape index (κ1) is 11.6. The van der Waals surface area contributed by atoms with Crippen molar-refractivity contribution in [1.29, 1.82) is 0 Å². The molecule has 1 saturated heterocycles. The molecule has 1 aliphatic heterocycles. The van der Waals surface area contributed by atoms with E-state index in [-0.39, 0.29) is 0 Å². The van der Waals surface area contributed by atoms with E-state index in [0.717, 1.165) is 30.3 Å². The second-order valence-electron chi connectivity index (χ2n) is 5.22. The van der Waals surface area contributed by atoms with Gasteiger partial charge in [-0.2, -0.15) is 0 Å². The first-order valence-electron chi connectivity index (χ1n) is 6.35. The highest BCUT2D eigenvalue weighted by molar-refractivity contribution is 7.85. The lowest BCUT2D eigenvalue weighted by Gasteiger charge is -2.31. The normalized spacial score (nSPS) is 34.7. The van der Waals surface area contributed by atoms with E-state index in [1.54, 1.807) is 0 Å². The molecule has 2 aliphatic rings. The molecule has 15 heavy (non-hydrogen) atoms. The lowest BCUT2D eigenvalue weighted by molar-refractivity contribution is 0.255. The van der Waals surface area contributed by atoms with Crippen molar-refractivity contribution < 1.29 is 4.21 Å². The highest BCUT2D eigenvalue weighted by Crippen LogP contribution is 2.30. The minimum absolute atomic E-state index is 0.517. The predicted octanol–water partition coefficient (Wildman–Crippen LogP) is 2.07. The lowest BCUT2D eigenvalue weighted by Crippen LogP contribution is -2.42. The zero-order chi connectivity index (χ0) is 10.7. The summed E-state index contributed by atoms with van der Waals surface area (Å²) < 4.78 is 11.2. The quantitative estimate of drug-likeness (QED) is 0.799. The SMILES string of the molecule is CC(CC1CCC1)NC1CCS(=O)CC1. The van der Waals surface area contributed by atoms with Crippen LogP contribution in [0.1, 0.15) is 45.4 Å². The highest BCUT2D eigenvalue weighted by atomic mass is 32.2. The average Bonchev–Trinajstić information content (AvgIpc) is 2.16. The Morgan fingerprint density at radius 2 is 1.93 bits per heavy atom. The molecular formula is C12H23NOS. The van der Waals surface area contributed by atoms with Crippen LogP contribution >= 0.6 is 0 Å². The topological polar surface area (TPSA) is 29.1 Å². The summed E-state index contributed by atoms with van der Waals surface area (Å²) in [6, 6.07) is 1.30. The van der Waals surface area contributed by atoms with Crippen LogP contribution < -0.4 is 5.32 Å². The molecule has 88 valence electrons. The summed E-state index contributed by atoms with van der Waals surface area (Å²) in [5.74, 6) is 2.81. The van der Waals surface area contributed by atoms with Crippen LogP contribution in [0.5, 0.6) is 0 Å². The van der Waals surface area contributed by atoms with Gasteiger partial charge in [0.15, 0.2) is 0 Å². The molecule has 1 heterocycles. The van der Waals surface area contributed by atoms with E-state index >= 15 is 0 Å².